The standard InChI is InChI=1S/C23H23NO3/c24-21-14-13-20(23(25)27-17-19-10-5-2-6-11-19)16-22(21)26-15-7-12-18-8-3-1-4-9-18/h1-6,8-11,13-14,16H,7,12,15,17,24H2. The Kier molecular flexibility index (Phi) is 6.47. The predicted octanol–water partition coefficient (Wildman–Crippen LogP) is 4.64. The number of nitrogen functional groups attached to an aromatic ring is 1. The van der Waals surface area contributed by atoms with E-state index in [-0.39, 0.29) is 6.61 Å². The van der Waals surface area contributed by atoms with Crippen molar-refractivity contribution in [1.82, 2.24) is 0 Å². The van der Waals surface area contributed by atoms with Gasteiger partial charge in [-0.15, -0.1) is 0 Å². The van der Waals surface area contributed by atoms with Gasteiger partial charge in [0.25, 0.3) is 0 Å². The number of rotatable bonds is 8. The van der Waals surface area contributed by atoms with Gasteiger partial charge in [-0.3, -0.25) is 0 Å². The molecule has 0 amide bonds. The fourth-order valence-corrected chi connectivity index (χ4v) is 2.70. The van der Waals surface area contributed by atoms with Crippen molar-refractivity contribution in [1.29, 1.82) is 0 Å². The normalized spacial score (nSPS) is 10.4. The molecule has 2 N–H and O–H groups in total. The molecule has 0 aliphatic carbocycles. The number of carbonyl (C=O) groups is 1. The van der Waals surface area contributed by atoms with Gasteiger partial charge in [0.15, 0.2) is 0 Å². The maximum absolute atomic E-state index is 12.3. The molecule has 0 spiro atoms. The zero-order valence-electron chi connectivity index (χ0n) is 15.1. The van der Waals surface area contributed by atoms with Crippen LogP contribution in [0, 0.1) is 0 Å². The lowest BCUT2D eigenvalue weighted by Crippen LogP contribution is -2.07. The number of aryl methyl sites for hydroxylation is 1. The van der Waals surface area contributed by atoms with Crippen LogP contribution in [0.4, 0.5) is 5.69 Å². The van der Waals surface area contributed by atoms with Crippen LogP contribution in [0.25, 0.3) is 0 Å². The summed E-state index contributed by atoms with van der Waals surface area (Å²) in [5, 5.41) is 0. The highest BCUT2D eigenvalue weighted by Crippen LogP contribution is 2.24. The van der Waals surface area contributed by atoms with Gasteiger partial charge in [-0.05, 0) is 42.2 Å². The van der Waals surface area contributed by atoms with E-state index in [0.717, 1.165) is 18.4 Å². The fraction of sp³-hybridized carbons (Fsp3) is 0.174. The topological polar surface area (TPSA) is 61.6 Å². The number of ether oxygens (including phenoxy) is 2. The first-order valence-electron chi connectivity index (χ1n) is 8.99. The van der Waals surface area contributed by atoms with E-state index in [0.29, 0.717) is 23.6 Å². The summed E-state index contributed by atoms with van der Waals surface area (Å²) in [6, 6.07) is 24.8. The van der Waals surface area contributed by atoms with Crippen molar-refractivity contribution in [3.05, 3.63) is 95.6 Å². The van der Waals surface area contributed by atoms with Crippen LogP contribution in [0.2, 0.25) is 0 Å². The second kappa shape index (κ2) is 9.43. The van der Waals surface area contributed by atoms with Gasteiger partial charge >= 0.3 is 5.97 Å². The SMILES string of the molecule is Nc1ccc(C(=O)OCc2ccccc2)cc1OCCCc1ccccc1. The van der Waals surface area contributed by atoms with Crippen LogP contribution in [0.3, 0.4) is 0 Å². The molecular weight excluding hydrogens is 338 g/mol. The van der Waals surface area contributed by atoms with Crippen molar-refractivity contribution in [2.75, 3.05) is 12.3 Å². The maximum Gasteiger partial charge on any atom is 0.338 e. The highest BCUT2D eigenvalue weighted by atomic mass is 16.5. The molecule has 0 bridgehead atoms. The molecule has 3 rings (SSSR count). The number of benzene rings is 3. The molecule has 3 aromatic carbocycles. The lowest BCUT2D eigenvalue weighted by Gasteiger charge is -2.11. The largest absolute Gasteiger partial charge is 0.491 e. The van der Waals surface area contributed by atoms with Gasteiger partial charge in [-0.2, -0.15) is 0 Å². The summed E-state index contributed by atoms with van der Waals surface area (Å²) < 4.78 is 11.1. The van der Waals surface area contributed by atoms with Gasteiger partial charge in [0, 0.05) is 0 Å². The quantitative estimate of drug-likeness (QED) is 0.361. The average Bonchev–Trinajstić information content (AvgIpc) is 2.72. The molecule has 4 heteroatoms. The van der Waals surface area contributed by atoms with Crippen molar-refractivity contribution < 1.29 is 14.3 Å². The third-order valence-corrected chi connectivity index (χ3v) is 4.17. The lowest BCUT2D eigenvalue weighted by atomic mass is 10.1. The van der Waals surface area contributed by atoms with Gasteiger partial charge in [-0.25, -0.2) is 4.79 Å². The van der Waals surface area contributed by atoms with Gasteiger partial charge in [-0.1, -0.05) is 60.7 Å². The van der Waals surface area contributed by atoms with Crippen LogP contribution in [0.1, 0.15) is 27.9 Å². The highest BCUT2D eigenvalue weighted by Gasteiger charge is 2.11. The Labute approximate surface area is 159 Å². The number of nitrogens with two attached hydrogens (primary N) is 1. The maximum atomic E-state index is 12.3. The number of carbonyl (C=O) groups excluding carboxylic acids is 1. The monoisotopic (exact) mass is 361 g/mol. The molecular formula is C23H23NO3. The second-order valence-corrected chi connectivity index (χ2v) is 6.25. The van der Waals surface area contributed by atoms with Gasteiger partial charge in [0.05, 0.1) is 17.9 Å². The first-order valence-corrected chi connectivity index (χ1v) is 8.99. The van der Waals surface area contributed by atoms with Crippen LogP contribution < -0.4 is 10.5 Å². The van der Waals surface area contributed by atoms with Crippen LogP contribution in [0.15, 0.2) is 78.9 Å². The Bertz CT molecular complexity index is 863. The summed E-state index contributed by atoms with van der Waals surface area (Å²) in [6.07, 6.45) is 1.80. The molecule has 0 unspecified atom stereocenters. The van der Waals surface area contributed by atoms with Gasteiger partial charge in [0.2, 0.25) is 0 Å². The van der Waals surface area contributed by atoms with Crippen molar-refractivity contribution in [3.63, 3.8) is 0 Å². The van der Waals surface area contributed by atoms with E-state index in [1.165, 1.54) is 5.56 Å². The van der Waals surface area contributed by atoms with E-state index in [9.17, 15) is 4.79 Å². The zero-order valence-corrected chi connectivity index (χ0v) is 15.1. The number of anilines is 1. The highest BCUT2D eigenvalue weighted by molar-refractivity contribution is 5.90. The molecule has 0 radical (unpaired) electrons. The minimum atomic E-state index is -0.395. The first kappa shape index (κ1) is 18.5. The van der Waals surface area contributed by atoms with E-state index in [2.05, 4.69) is 12.1 Å². The molecule has 4 nitrogen and oxygen atoms in total. The predicted molar refractivity (Wildman–Crippen MR) is 107 cm³/mol. The van der Waals surface area contributed by atoms with Crippen molar-refractivity contribution in [3.8, 4) is 5.75 Å². The Morgan fingerprint density at radius 1 is 0.852 bits per heavy atom. The third kappa shape index (κ3) is 5.61. The molecule has 27 heavy (non-hydrogen) atoms. The van der Waals surface area contributed by atoms with Crippen LogP contribution in [-0.2, 0) is 17.8 Å². The summed E-state index contributed by atoms with van der Waals surface area (Å²) in [6.45, 7) is 0.763. The third-order valence-electron chi connectivity index (χ3n) is 4.17. The van der Waals surface area contributed by atoms with Gasteiger partial charge < -0.3 is 15.2 Å². The molecule has 0 heterocycles. The van der Waals surface area contributed by atoms with E-state index in [1.54, 1.807) is 18.2 Å². The summed E-state index contributed by atoms with van der Waals surface area (Å²) in [5.41, 5.74) is 9.12. The molecule has 0 atom stereocenters. The average molecular weight is 361 g/mol. The molecule has 0 saturated heterocycles. The Morgan fingerprint density at radius 2 is 1.52 bits per heavy atom. The fourth-order valence-electron chi connectivity index (χ4n) is 2.70. The van der Waals surface area contributed by atoms with Crippen LogP contribution >= 0.6 is 0 Å². The minimum absolute atomic E-state index is 0.233. The first-order chi connectivity index (χ1) is 13.2. The van der Waals surface area contributed by atoms with E-state index < -0.39 is 5.97 Å². The van der Waals surface area contributed by atoms with Crippen LogP contribution in [0.5, 0.6) is 5.75 Å². The van der Waals surface area contributed by atoms with E-state index in [1.807, 2.05) is 48.5 Å². The van der Waals surface area contributed by atoms with Gasteiger partial charge in [0.1, 0.15) is 12.4 Å². The smallest absolute Gasteiger partial charge is 0.338 e. The van der Waals surface area contributed by atoms with Crippen molar-refractivity contribution in [2.24, 2.45) is 0 Å². The Balaban J connectivity index is 1.52. The molecule has 0 saturated carbocycles. The summed E-state index contributed by atoms with van der Waals surface area (Å²) in [4.78, 5) is 12.3. The minimum Gasteiger partial charge on any atom is -0.491 e. The molecule has 3 aromatic rings. The lowest BCUT2D eigenvalue weighted by molar-refractivity contribution is 0.0472. The molecule has 0 aromatic heterocycles. The molecule has 0 aliphatic rings. The number of hydrogen-bond donors (Lipinski definition) is 1. The Morgan fingerprint density at radius 3 is 2.22 bits per heavy atom. The summed E-state index contributed by atoms with van der Waals surface area (Å²) in [5.74, 6) is 0.116. The van der Waals surface area contributed by atoms with Crippen molar-refractivity contribution >= 4 is 11.7 Å². The molecule has 138 valence electrons. The number of hydrogen-bond acceptors (Lipinski definition) is 4. The summed E-state index contributed by atoms with van der Waals surface area (Å²) >= 11 is 0. The zero-order chi connectivity index (χ0) is 18.9. The number of esters is 1. The van der Waals surface area contributed by atoms with Crippen LogP contribution in [-0.4, -0.2) is 12.6 Å². The molecule has 0 fully saturated rings. The Hall–Kier alpha value is -3.27. The summed E-state index contributed by atoms with van der Waals surface area (Å²) in [7, 11) is 0. The molecule has 0 aliphatic heterocycles. The van der Waals surface area contributed by atoms with Crippen molar-refractivity contribution in [2.45, 2.75) is 19.4 Å². The van der Waals surface area contributed by atoms with E-state index in [4.69, 9.17) is 15.2 Å². The second-order valence-electron chi connectivity index (χ2n) is 6.25. The van der Waals surface area contributed by atoms with E-state index >= 15 is 0 Å².